The van der Waals surface area contributed by atoms with Gasteiger partial charge in [-0.25, -0.2) is 0 Å². The van der Waals surface area contributed by atoms with Gasteiger partial charge in [0.1, 0.15) is 0 Å². The number of amides is 2. The average molecular weight is 1130 g/mol. The lowest BCUT2D eigenvalue weighted by Crippen LogP contribution is -2.36. The van der Waals surface area contributed by atoms with Crippen LogP contribution in [0.3, 0.4) is 0 Å². The van der Waals surface area contributed by atoms with Gasteiger partial charge in [0.05, 0.1) is 5.71 Å². The molecule has 0 unspecified atom stereocenters. The number of fused-ring (bicyclic) bond motifs is 4. The van der Waals surface area contributed by atoms with Crippen LogP contribution in [0.25, 0.3) is 38.2 Å². The lowest BCUT2D eigenvalue weighted by molar-refractivity contribution is -0.118. The van der Waals surface area contributed by atoms with E-state index in [1.54, 1.807) is 26.0 Å². The van der Waals surface area contributed by atoms with Gasteiger partial charge in [0.2, 0.25) is 11.8 Å². The minimum absolute atomic E-state index is 0.196. The van der Waals surface area contributed by atoms with Crippen molar-refractivity contribution >= 4 is 85.5 Å². The number of hydrogen-bond acceptors (Lipinski definition) is 10. The predicted molar refractivity (Wildman–Crippen MR) is 348 cm³/mol. The number of anilines is 1. The Kier molecular flexibility index (Phi) is 19.0. The number of nitrogens with zero attached hydrogens (tertiary/aromatic N) is 3. The molecule has 0 radical (unpaired) electrons. The van der Waals surface area contributed by atoms with Gasteiger partial charge in [0, 0.05) is 93.1 Å². The van der Waals surface area contributed by atoms with E-state index in [1.807, 2.05) is 50.5 Å². The topological polar surface area (TPSA) is 170 Å². The second kappa shape index (κ2) is 26.3. The largest absolute Gasteiger partial charge is 0.488 e. The van der Waals surface area contributed by atoms with E-state index in [2.05, 4.69) is 160 Å². The highest BCUT2D eigenvalue weighted by molar-refractivity contribution is 8.36. The van der Waals surface area contributed by atoms with Gasteiger partial charge in [0.25, 0.3) is 0 Å². The lowest BCUT2D eigenvalue weighted by Gasteiger charge is -2.43. The van der Waals surface area contributed by atoms with E-state index in [0.29, 0.717) is 87.3 Å². The molecule has 0 saturated carbocycles. The zero-order valence-corrected chi connectivity index (χ0v) is 49.7. The van der Waals surface area contributed by atoms with Crippen LogP contribution in [0, 0.1) is 6.92 Å². The summed E-state index contributed by atoms with van der Waals surface area (Å²) in [6.45, 7) is 17.0. The van der Waals surface area contributed by atoms with Crippen LogP contribution < -0.4 is 26.9 Å². The third kappa shape index (κ3) is 13.3. The predicted octanol–water partition coefficient (Wildman–Crippen LogP) is 9.30. The third-order valence-electron chi connectivity index (χ3n) is 16.1. The van der Waals surface area contributed by atoms with E-state index in [1.165, 1.54) is 26.5 Å². The van der Waals surface area contributed by atoms with Gasteiger partial charge in [-0.1, -0.05) is 122 Å². The van der Waals surface area contributed by atoms with E-state index in [4.69, 9.17) is 0 Å². The number of hydrogen-bond donors (Lipinski definition) is 7. The van der Waals surface area contributed by atoms with E-state index in [-0.39, 0.29) is 11.8 Å². The maximum atomic E-state index is 12.7. The third-order valence-corrected chi connectivity index (χ3v) is 19.0. The summed E-state index contributed by atoms with van der Waals surface area (Å²) in [5.74, 6) is -0.394. The minimum Gasteiger partial charge on any atom is -0.423 e. The molecule has 15 heteroatoms. The summed E-state index contributed by atoms with van der Waals surface area (Å²) >= 11 is 0. The molecule has 7 N–H and O–H groups in total. The van der Waals surface area contributed by atoms with Crippen molar-refractivity contribution < 1.29 is 29.7 Å². The SMILES string of the molecule is C=C(C)C(=O)NCCCN(Cc1ccccc1B(O)O)Cc1c2ccccc2c(CN(CCCNC(=O)C(=C)C)Cc2ccccc2B(O)O)c2cc(-c3ccc(C)c(C4=C5C=C/C(=N\C)C=C5S(C)(C)c5cc(NC)ccc54)c3)ccc12. The summed E-state index contributed by atoms with van der Waals surface area (Å²) in [6.07, 6.45) is 12.7. The maximum absolute atomic E-state index is 12.7. The molecule has 7 aromatic carbocycles. The first kappa shape index (κ1) is 60.0. The van der Waals surface area contributed by atoms with Crippen LogP contribution in [0.1, 0.15) is 65.6 Å². The Morgan fingerprint density at radius 3 is 1.67 bits per heavy atom. The average Bonchev–Trinajstić information content (AvgIpc) is 3.67. The number of aliphatic imine (C=N–C) groups is 1. The molecule has 0 fully saturated rings. The molecule has 12 nitrogen and oxygen atoms in total. The molecule has 9 rings (SSSR count). The van der Waals surface area contributed by atoms with Crippen LogP contribution in [0.2, 0.25) is 0 Å². The van der Waals surface area contributed by atoms with Gasteiger partial charge < -0.3 is 36.0 Å². The number of allylic oxidation sites excluding steroid dienone is 4. The van der Waals surface area contributed by atoms with Crippen LogP contribution in [0.5, 0.6) is 0 Å². The van der Waals surface area contributed by atoms with Crippen molar-refractivity contribution in [3.63, 3.8) is 0 Å². The smallest absolute Gasteiger partial charge is 0.423 e. The highest BCUT2D eigenvalue weighted by atomic mass is 32.3. The Labute approximate surface area is 491 Å². The molecule has 83 heavy (non-hydrogen) atoms. The zero-order chi connectivity index (χ0) is 59.1. The summed E-state index contributed by atoms with van der Waals surface area (Å²) in [7, 11) is -0.959. The number of carbonyl (C=O) groups excluding carboxylic acids is 2. The first-order valence-electron chi connectivity index (χ1n) is 28.3. The first-order valence-corrected chi connectivity index (χ1v) is 30.8. The molecule has 1 aliphatic heterocycles. The number of nitrogens with one attached hydrogen (secondary N) is 3. The van der Waals surface area contributed by atoms with Gasteiger partial charge >= 0.3 is 14.2 Å². The summed E-state index contributed by atoms with van der Waals surface area (Å²) in [6, 6.07) is 43.7. The molecule has 2 aliphatic rings. The van der Waals surface area contributed by atoms with E-state index in [9.17, 15) is 29.7 Å². The van der Waals surface area contributed by atoms with Gasteiger partial charge in [0.15, 0.2) is 0 Å². The summed E-state index contributed by atoms with van der Waals surface area (Å²) in [4.78, 5) is 37.2. The van der Waals surface area contributed by atoms with E-state index >= 15 is 0 Å². The Morgan fingerprint density at radius 2 is 1.13 bits per heavy atom. The molecule has 426 valence electrons. The number of rotatable bonds is 23. The van der Waals surface area contributed by atoms with Crippen LogP contribution >= 0.6 is 10.0 Å². The normalized spacial score (nSPS) is 14.4. The number of carbonyl (C=O) groups is 2. The molecule has 0 bridgehead atoms. The minimum atomic E-state index is -1.67. The molecule has 0 aromatic heterocycles. The fourth-order valence-electron chi connectivity index (χ4n) is 11.6. The van der Waals surface area contributed by atoms with Crippen molar-refractivity contribution in [2.75, 3.05) is 58.1 Å². The zero-order valence-electron chi connectivity index (χ0n) is 48.9. The van der Waals surface area contributed by atoms with Gasteiger partial charge in [-0.3, -0.25) is 24.4 Å². The lowest BCUT2D eigenvalue weighted by atomic mass is 9.77. The highest BCUT2D eigenvalue weighted by Gasteiger charge is 2.36. The van der Waals surface area contributed by atoms with Gasteiger partial charge in [-0.05, 0) is 176 Å². The molecule has 0 saturated heterocycles. The maximum Gasteiger partial charge on any atom is 0.488 e. The summed E-state index contributed by atoms with van der Waals surface area (Å²) < 4.78 is 0. The quantitative estimate of drug-likeness (QED) is 0.0143. The number of benzene rings is 7. The van der Waals surface area contributed by atoms with Crippen molar-refractivity contribution in [3.8, 4) is 11.1 Å². The van der Waals surface area contributed by atoms with Gasteiger partial charge in [-0.2, -0.15) is 10.0 Å². The second-order valence-electron chi connectivity index (χ2n) is 22.2. The molecule has 1 heterocycles. The highest BCUT2D eigenvalue weighted by Crippen LogP contribution is 2.66. The fourth-order valence-corrected chi connectivity index (χ4v) is 14.1. The van der Waals surface area contributed by atoms with Crippen molar-refractivity contribution in [1.82, 2.24) is 20.4 Å². The first-order chi connectivity index (χ1) is 39.9. The van der Waals surface area contributed by atoms with Crippen LogP contribution in [0.15, 0.2) is 190 Å². The van der Waals surface area contributed by atoms with Crippen molar-refractivity contribution in [2.45, 2.75) is 64.7 Å². The van der Waals surface area contributed by atoms with Crippen molar-refractivity contribution in [3.05, 3.63) is 219 Å². The molecular weight excluding hydrogens is 1050 g/mol. The van der Waals surface area contributed by atoms with Gasteiger partial charge in [-0.15, -0.1) is 0 Å². The van der Waals surface area contributed by atoms with E-state index in [0.717, 1.165) is 77.5 Å². The Morgan fingerprint density at radius 1 is 0.614 bits per heavy atom. The Balaban J connectivity index is 1.24. The van der Waals surface area contributed by atoms with Crippen LogP contribution in [0.4, 0.5) is 5.69 Å². The Bertz CT molecular complexity index is 3790. The van der Waals surface area contributed by atoms with Crippen molar-refractivity contribution in [2.24, 2.45) is 4.99 Å². The second-order valence-corrected chi connectivity index (χ2v) is 25.7. The molecular formula is C68H76B2N6O6S. The molecule has 0 atom stereocenters. The number of aryl methyl sites for hydroxylation is 1. The molecule has 0 spiro atoms. The molecule has 2 amide bonds. The fraction of sp³-hybridized carbons (Fsp3) is 0.250. The van der Waals surface area contributed by atoms with Crippen molar-refractivity contribution in [1.29, 1.82) is 0 Å². The Hall–Kier alpha value is -7.59. The van der Waals surface area contributed by atoms with Crippen LogP contribution in [-0.2, 0) is 35.8 Å². The van der Waals surface area contributed by atoms with E-state index < -0.39 is 24.3 Å². The van der Waals surface area contributed by atoms with Crippen LogP contribution in [-0.4, -0.2) is 114 Å². The summed E-state index contributed by atoms with van der Waals surface area (Å²) in [5, 5.41) is 56.0. The monoisotopic (exact) mass is 1130 g/mol. The molecule has 7 aromatic rings. The molecule has 1 aliphatic carbocycles. The summed E-state index contributed by atoms with van der Waals surface area (Å²) in [5.41, 5.74) is 15.6. The standard InChI is InChI=1S/C68H76B2N6O6S/c1-44(2)67(77)73-32-16-34-75(40-49-18-10-14-22-62(49)69(79)80)42-60-53-20-12-13-21-54(53)61(43-76(35-17-33-74-68(78)45(3)4)41-50-19-11-15-23-63(50)70(81)82)59-37-48(26-29-55(59)60)47-25-24-46(5)58(36-47)66-56-30-27-51(71-6)38-64(56)83(8,9)65-39-52(72-7)28-31-57(65)66/h10-15,18-31,36-39,71,79-82H,1,3,16-17,32-35,40-43H2,2,4-9H3,(H,73,77)(H,74,78)/b72-52+.